The Morgan fingerprint density at radius 3 is 3.29 bits per heavy atom. The number of hydrogen-bond donors (Lipinski definition) is 1. The van der Waals surface area contributed by atoms with Crippen molar-refractivity contribution in [2.75, 3.05) is 29.9 Å². The zero-order chi connectivity index (χ0) is 12.1. The van der Waals surface area contributed by atoms with Gasteiger partial charge >= 0.3 is 0 Å². The van der Waals surface area contributed by atoms with Crippen molar-refractivity contribution in [2.24, 2.45) is 5.92 Å². The fraction of sp³-hybridized carbons (Fsp3) is 0.583. The van der Waals surface area contributed by atoms with Crippen molar-refractivity contribution in [1.29, 1.82) is 0 Å². The van der Waals surface area contributed by atoms with Gasteiger partial charge in [-0.25, -0.2) is 0 Å². The maximum absolute atomic E-state index is 4.46. The van der Waals surface area contributed by atoms with Crippen molar-refractivity contribution in [1.82, 2.24) is 15.2 Å². The van der Waals surface area contributed by atoms with Crippen molar-refractivity contribution >= 4 is 11.8 Å². The van der Waals surface area contributed by atoms with Gasteiger partial charge in [0.25, 0.3) is 0 Å². The van der Waals surface area contributed by atoms with Crippen LogP contribution >= 0.6 is 0 Å². The SMILES string of the molecule is C=CCNc1nncc(N2CCCC(C)C2)n1. The van der Waals surface area contributed by atoms with E-state index in [1.54, 1.807) is 12.3 Å². The lowest BCUT2D eigenvalue weighted by Crippen LogP contribution is -2.35. The van der Waals surface area contributed by atoms with E-state index in [2.05, 4.69) is 38.9 Å². The van der Waals surface area contributed by atoms with E-state index in [4.69, 9.17) is 0 Å². The molecule has 92 valence electrons. The van der Waals surface area contributed by atoms with E-state index >= 15 is 0 Å². The molecule has 1 aliphatic heterocycles. The first kappa shape index (κ1) is 11.8. The Balaban J connectivity index is 2.06. The molecule has 1 N–H and O–H groups in total. The van der Waals surface area contributed by atoms with Crippen LogP contribution in [-0.2, 0) is 0 Å². The third-order valence-electron chi connectivity index (χ3n) is 2.93. The van der Waals surface area contributed by atoms with Gasteiger partial charge in [0.2, 0.25) is 5.95 Å². The predicted octanol–water partition coefficient (Wildman–Crippen LogP) is 1.71. The molecule has 0 radical (unpaired) electrons. The van der Waals surface area contributed by atoms with E-state index in [0.717, 1.165) is 24.8 Å². The molecule has 1 saturated heterocycles. The topological polar surface area (TPSA) is 53.9 Å². The largest absolute Gasteiger partial charge is 0.355 e. The van der Waals surface area contributed by atoms with Gasteiger partial charge in [-0.3, -0.25) is 0 Å². The Morgan fingerprint density at radius 2 is 2.53 bits per heavy atom. The second-order valence-electron chi connectivity index (χ2n) is 4.50. The highest BCUT2D eigenvalue weighted by molar-refractivity contribution is 5.40. The molecule has 17 heavy (non-hydrogen) atoms. The van der Waals surface area contributed by atoms with Gasteiger partial charge in [-0.2, -0.15) is 10.1 Å². The van der Waals surface area contributed by atoms with Gasteiger partial charge in [-0.1, -0.05) is 13.0 Å². The molecule has 5 nitrogen and oxygen atoms in total. The van der Waals surface area contributed by atoms with Crippen molar-refractivity contribution in [3.05, 3.63) is 18.9 Å². The molecule has 0 spiro atoms. The number of nitrogens with zero attached hydrogens (tertiary/aromatic N) is 4. The van der Waals surface area contributed by atoms with Crippen LogP contribution in [0.25, 0.3) is 0 Å². The number of rotatable bonds is 4. The van der Waals surface area contributed by atoms with E-state index in [1.165, 1.54) is 12.8 Å². The highest BCUT2D eigenvalue weighted by Crippen LogP contribution is 2.20. The molecule has 0 amide bonds. The van der Waals surface area contributed by atoms with E-state index in [1.807, 2.05) is 0 Å². The first-order chi connectivity index (χ1) is 8.29. The van der Waals surface area contributed by atoms with Crippen LogP contribution in [0.2, 0.25) is 0 Å². The van der Waals surface area contributed by atoms with E-state index in [0.29, 0.717) is 12.5 Å². The van der Waals surface area contributed by atoms with Crippen molar-refractivity contribution in [3.8, 4) is 0 Å². The fourth-order valence-electron chi connectivity index (χ4n) is 2.08. The van der Waals surface area contributed by atoms with Crippen LogP contribution in [0, 0.1) is 5.92 Å². The molecule has 2 rings (SSSR count). The summed E-state index contributed by atoms with van der Waals surface area (Å²) in [6.45, 7) is 8.69. The van der Waals surface area contributed by atoms with Crippen molar-refractivity contribution in [3.63, 3.8) is 0 Å². The maximum Gasteiger partial charge on any atom is 0.244 e. The molecule has 5 heteroatoms. The molecule has 0 bridgehead atoms. The monoisotopic (exact) mass is 233 g/mol. The van der Waals surface area contributed by atoms with Crippen LogP contribution in [0.1, 0.15) is 19.8 Å². The van der Waals surface area contributed by atoms with Gasteiger partial charge in [0.05, 0.1) is 6.20 Å². The van der Waals surface area contributed by atoms with E-state index < -0.39 is 0 Å². The molecular formula is C12H19N5. The van der Waals surface area contributed by atoms with E-state index in [-0.39, 0.29) is 0 Å². The molecule has 1 aromatic heterocycles. The number of aromatic nitrogens is 3. The van der Waals surface area contributed by atoms with Gasteiger partial charge in [-0.05, 0) is 18.8 Å². The smallest absolute Gasteiger partial charge is 0.244 e. The zero-order valence-electron chi connectivity index (χ0n) is 10.3. The van der Waals surface area contributed by atoms with Gasteiger partial charge in [0.15, 0.2) is 5.82 Å². The Hall–Kier alpha value is -1.65. The van der Waals surface area contributed by atoms with Crippen LogP contribution in [0.15, 0.2) is 18.9 Å². The standard InChI is InChI=1S/C12H19N5/c1-3-6-13-12-15-11(8-14-16-12)17-7-4-5-10(2)9-17/h3,8,10H,1,4-7,9H2,2H3,(H,13,15,16). The van der Waals surface area contributed by atoms with Crippen LogP contribution < -0.4 is 10.2 Å². The number of nitrogens with one attached hydrogen (secondary N) is 1. The maximum atomic E-state index is 4.46. The number of piperidine rings is 1. The lowest BCUT2D eigenvalue weighted by molar-refractivity contribution is 0.444. The number of hydrogen-bond acceptors (Lipinski definition) is 5. The lowest BCUT2D eigenvalue weighted by atomic mass is 10.0. The van der Waals surface area contributed by atoms with Crippen LogP contribution in [0.5, 0.6) is 0 Å². The molecule has 0 saturated carbocycles. The lowest BCUT2D eigenvalue weighted by Gasteiger charge is -2.31. The van der Waals surface area contributed by atoms with E-state index in [9.17, 15) is 0 Å². The van der Waals surface area contributed by atoms with Crippen LogP contribution in [0.4, 0.5) is 11.8 Å². The Morgan fingerprint density at radius 1 is 1.65 bits per heavy atom. The third-order valence-corrected chi connectivity index (χ3v) is 2.93. The molecule has 1 aromatic rings. The summed E-state index contributed by atoms with van der Waals surface area (Å²) in [5, 5.41) is 11.0. The fourth-order valence-corrected chi connectivity index (χ4v) is 2.08. The summed E-state index contributed by atoms with van der Waals surface area (Å²) in [7, 11) is 0. The Bertz CT molecular complexity index is 379. The average Bonchev–Trinajstić information content (AvgIpc) is 2.37. The van der Waals surface area contributed by atoms with Gasteiger partial charge in [0, 0.05) is 19.6 Å². The summed E-state index contributed by atoms with van der Waals surface area (Å²) >= 11 is 0. The second-order valence-corrected chi connectivity index (χ2v) is 4.50. The molecule has 1 aliphatic rings. The minimum absolute atomic E-state index is 0.570. The molecule has 0 aliphatic carbocycles. The highest BCUT2D eigenvalue weighted by atomic mass is 15.3. The first-order valence-corrected chi connectivity index (χ1v) is 6.09. The summed E-state index contributed by atoms with van der Waals surface area (Å²) in [5.74, 6) is 2.21. The third kappa shape index (κ3) is 3.15. The normalized spacial score (nSPS) is 20.1. The van der Waals surface area contributed by atoms with Gasteiger partial charge in [0.1, 0.15) is 0 Å². The number of anilines is 2. The van der Waals surface area contributed by atoms with Gasteiger partial charge in [-0.15, -0.1) is 11.7 Å². The molecule has 0 aromatic carbocycles. The van der Waals surface area contributed by atoms with Gasteiger partial charge < -0.3 is 10.2 Å². The average molecular weight is 233 g/mol. The van der Waals surface area contributed by atoms with Crippen LogP contribution in [-0.4, -0.2) is 34.8 Å². The van der Waals surface area contributed by atoms with Crippen molar-refractivity contribution in [2.45, 2.75) is 19.8 Å². The first-order valence-electron chi connectivity index (χ1n) is 6.09. The quantitative estimate of drug-likeness (QED) is 0.802. The zero-order valence-corrected chi connectivity index (χ0v) is 10.3. The minimum atomic E-state index is 0.570. The summed E-state index contributed by atoms with van der Waals surface area (Å²) in [6, 6.07) is 0. The summed E-state index contributed by atoms with van der Waals surface area (Å²) in [6.07, 6.45) is 6.04. The summed E-state index contributed by atoms with van der Waals surface area (Å²) < 4.78 is 0. The minimum Gasteiger partial charge on any atom is -0.355 e. The molecule has 1 atom stereocenters. The molecule has 1 unspecified atom stereocenters. The Kier molecular flexibility index (Phi) is 3.90. The highest BCUT2D eigenvalue weighted by Gasteiger charge is 2.18. The molecular weight excluding hydrogens is 214 g/mol. The molecule has 1 fully saturated rings. The second kappa shape index (κ2) is 5.61. The Labute approximate surface area is 102 Å². The van der Waals surface area contributed by atoms with Crippen molar-refractivity contribution < 1.29 is 0 Å². The summed E-state index contributed by atoms with van der Waals surface area (Å²) in [4.78, 5) is 6.74. The predicted molar refractivity (Wildman–Crippen MR) is 69.1 cm³/mol. The molecule has 2 heterocycles. The van der Waals surface area contributed by atoms with Crippen LogP contribution in [0.3, 0.4) is 0 Å². The summed E-state index contributed by atoms with van der Waals surface area (Å²) in [5.41, 5.74) is 0.